The zero-order chi connectivity index (χ0) is 12.0. The number of carboxylic acid groups (broad SMARTS) is 1. The molecule has 0 spiro atoms. The molecule has 0 aliphatic heterocycles. The van der Waals surface area contributed by atoms with Crippen LogP contribution in [0.3, 0.4) is 0 Å². The Balaban J connectivity index is 2.61. The quantitative estimate of drug-likeness (QED) is 0.748. The number of carboxylic acids is 1. The van der Waals surface area contributed by atoms with E-state index in [0.717, 1.165) is 18.7 Å². The van der Waals surface area contributed by atoms with Crippen LogP contribution >= 0.6 is 11.6 Å². The molecule has 0 saturated heterocycles. The predicted molar refractivity (Wildman–Crippen MR) is 66.4 cm³/mol. The van der Waals surface area contributed by atoms with Crippen molar-refractivity contribution in [3.8, 4) is 0 Å². The number of halogens is 1. The van der Waals surface area contributed by atoms with Gasteiger partial charge in [0.2, 0.25) is 0 Å². The molecule has 88 valence electrons. The lowest BCUT2D eigenvalue weighted by atomic mass is 10.2. The van der Waals surface area contributed by atoms with Crippen molar-refractivity contribution in [2.75, 3.05) is 11.9 Å². The number of hydrogen-bond donors (Lipinski definition) is 2. The lowest BCUT2D eigenvalue weighted by Crippen LogP contribution is -2.04. The minimum atomic E-state index is -0.998. The second-order valence-corrected chi connectivity index (χ2v) is 4.04. The summed E-state index contributed by atoms with van der Waals surface area (Å²) in [7, 11) is 0. The van der Waals surface area contributed by atoms with E-state index >= 15 is 0 Å². The van der Waals surface area contributed by atoms with Gasteiger partial charge in [-0.2, -0.15) is 0 Å². The molecule has 0 amide bonds. The van der Waals surface area contributed by atoms with Gasteiger partial charge in [0.15, 0.2) is 0 Å². The maximum atomic E-state index is 10.8. The first kappa shape index (κ1) is 12.8. The van der Waals surface area contributed by atoms with Crippen LogP contribution in [0.15, 0.2) is 18.2 Å². The van der Waals surface area contributed by atoms with E-state index in [1.54, 1.807) is 18.2 Å². The average Bonchev–Trinajstić information content (AvgIpc) is 2.26. The van der Waals surface area contributed by atoms with Gasteiger partial charge in [0.1, 0.15) is 0 Å². The van der Waals surface area contributed by atoms with Gasteiger partial charge in [-0.1, -0.05) is 31.4 Å². The van der Waals surface area contributed by atoms with Gasteiger partial charge < -0.3 is 10.4 Å². The average molecular weight is 242 g/mol. The Hall–Kier alpha value is -1.22. The van der Waals surface area contributed by atoms with Crippen LogP contribution in [0.1, 0.15) is 36.5 Å². The summed E-state index contributed by atoms with van der Waals surface area (Å²) in [6.45, 7) is 3.00. The van der Waals surface area contributed by atoms with Crippen LogP contribution in [-0.2, 0) is 0 Å². The molecule has 0 aromatic heterocycles. The molecule has 0 aliphatic rings. The van der Waals surface area contributed by atoms with Gasteiger partial charge in [0.05, 0.1) is 10.6 Å². The van der Waals surface area contributed by atoms with Crippen molar-refractivity contribution in [2.24, 2.45) is 0 Å². The van der Waals surface area contributed by atoms with E-state index in [9.17, 15) is 4.79 Å². The van der Waals surface area contributed by atoms with Crippen LogP contribution in [-0.4, -0.2) is 17.6 Å². The summed E-state index contributed by atoms with van der Waals surface area (Å²) in [6, 6.07) is 4.96. The highest BCUT2D eigenvalue weighted by molar-refractivity contribution is 6.33. The molecular weight excluding hydrogens is 226 g/mol. The minimum absolute atomic E-state index is 0.141. The second-order valence-electron chi connectivity index (χ2n) is 3.63. The fraction of sp³-hybridized carbons (Fsp3) is 0.417. The third-order valence-corrected chi connectivity index (χ3v) is 2.64. The van der Waals surface area contributed by atoms with Crippen molar-refractivity contribution < 1.29 is 9.90 Å². The molecule has 1 rings (SSSR count). The van der Waals surface area contributed by atoms with Gasteiger partial charge in [-0.15, -0.1) is 0 Å². The summed E-state index contributed by atoms with van der Waals surface area (Å²) in [6.07, 6.45) is 3.43. The van der Waals surface area contributed by atoms with Crippen molar-refractivity contribution in [1.82, 2.24) is 0 Å². The number of rotatable bonds is 6. The Morgan fingerprint density at radius 1 is 1.44 bits per heavy atom. The van der Waals surface area contributed by atoms with Crippen LogP contribution in [0.2, 0.25) is 5.02 Å². The number of unbranched alkanes of at least 4 members (excludes halogenated alkanes) is 2. The van der Waals surface area contributed by atoms with Gasteiger partial charge in [-0.05, 0) is 24.6 Å². The Labute approximate surface area is 100 Å². The van der Waals surface area contributed by atoms with Crippen molar-refractivity contribution in [2.45, 2.75) is 26.2 Å². The van der Waals surface area contributed by atoms with E-state index in [1.165, 1.54) is 12.8 Å². The summed E-state index contributed by atoms with van der Waals surface area (Å²) in [5.41, 5.74) is 0.945. The molecule has 0 bridgehead atoms. The Kier molecular flexibility index (Phi) is 5.12. The summed E-state index contributed by atoms with van der Waals surface area (Å²) >= 11 is 5.77. The fourth-order valence-electron chi connectivity index (χ4n) is 1.41. The largest absolute Gasteiger partial charge is 0.478 e. The molecule has 0 radical (unpaired) electrons. The number of carbonyl (C=O) groups is 1. The summed E-state index contributed by atoms with van der Waals surface area (Å²) in [4.78, 5) is 10.8. The van der Waals surface area contributed by atoms with E-state index in [1.807, 2.05) is 0 Å². The molecule has 0 atom stereocenters. The van der Waals surface area contributed by atoms with Crippen LogP contribution in [0.5, 0.6) is 0 Å². The first-order valence-corrected chi connectivity index (χ1v) is 5.79. The molecule has 3 nitrogen and oxygen atoms in total. The van der Waals surface area contributed by atoms with Crippen LogP contribution < -0.4 is 5.32 Å². The van der Waals surface area contributed by atoms with Crippen molar-refractivity contribution in [1.29, 1.82) is 0 Å². The summed E-state index contributed by atoms with van der Waals surface area (Å²) in [5, 5.41) is 12.3. The maximum Gasteiger partial charge on any atom is 0.337 e. The first-order chi connectivity index (χ1) is 7.65. The normalized spacial score (nSPS) is 10.1. The molecule has 1 aromatic rings. The highest BCUT2D eigenvalue weighted by Crippen LogP contribution is 2.20. The maximum absolute atomic E-state index is 10.8. The Bertz CT molecular complexity index is 366. The Morgan fingerprint density at radius 2 is 2.19 bits per heavy atom. The molecule has 2 N–H and O–H groups in total. The number of hydrogen-bond acceptors (Lipinski definition) is 2. The van der Waals surface area contributed by atoms with Crippen LogP contribution in [0, 0.1) is 0 Å². The summed E-state index contributed by atoms with van der Waals surface area (Å²) < 4.78 is 0. The molecule has 16 heavy (non-hydrogen) atoms. The molecule has 4 heteroatoms. The van der Waals surface area contributed by atoms with Gasteiger partial charge in [-0.25, -0.2) is 4.79 Å². The summed E-state index contributed by atoms with van der Waals surface area (Å²) in [5.74, 6) is -0.998. The lowest BCUT2D eigenvalue weighted by molar-refractivity contribution is 0.0697. The third kappa shape index (κ3) is 3.74. The topological polar surface area (TPSA) is 49.3 Å². The van der Waals surface area contributed by atoms with E-state index in [4.69, 9.17) is 16.7 Å². The predicted octanol–water partition coefficient (Wildman–Crippen LogP) is 3.64. The van der Waals surface area contributed by atoms with E-state index in [2.05, 4.69) is 12.2 Å². The molecule has 0 saturated carbocycles. The Morgan fingerprint density at radius 3 is 2.81 bits per heavy atom. The second kappa shape index (κ2) is 6.38. The third-order valence-electron chi connectivity index (χ3n) is 2.31. The molecular formula is C12H16ClNO2. The number of anilines is 1. The number of benzene rings is 1. The molecule has 0 fully saturated rings. The van der Waals surface area contributed by atoms with Gasteiger partial charge in [-0.3, -0.25) is 0 Å². The molecule has 0 unspecified atom stereocenters. The van der Waals surface area contributed by atoms with Crippen LogP contribution in [0.4, 0.5) is 5.69 Å². The zero-order valence-corrected chi connectivity index (χ0v) is 10.0. The number of nitrogens with one attached hydrogen (secondary N) is 1. The highest BCUT2D eigenvalue weighted by atomic mass is 35.5. The molecule has 0 aliphatic carbocycles. The van der Waals surface area contributed by atoms with E-state index in [-0.39, 0.29) is 10.6 Å². The smallest absolute Gasteiger partial charge is 0.337 e. The van der Waals surface area contributed by atoms with Gasteiger partial charge in [0, 0.05) is 12.2 Å². The standard InChI is InChI=1S/C12H16ClNO2/c1-2-3-4-7-14-9-5-6-11(13)10(8-9)12(15)16/h5-6,8,14H,2-4,7H2,1H3,(H,15,16). The highest BCUT2D eigenvalue weighted by Gasteiger charge is 2.08. The van der Waals surface area contributed by atoms with E-state index < -0.39 is 5.97 Å². The van der Waals surface area contributed by atoms with Crippen molar-refractivity contribution in [3.05, 3.63) is 28.8 Å². The van der Waals surface area contributed by atoms with Crippen molar-refractivity contribution >= 4 is 23.3 Å². The van der Waals surface area contributed by atoms with E-state index in [0.29, 0.717) is 0 Å². The molecule has 1 aromatic carbocycles. The lowest BCUT2D eigenvalue weighted by Gasteiger charge is -2.07. The van der Waals surface area contributed by atoms with Gasteiger partial charge >= 0.3 is 5.97 Å². The first-order valence-electron chi connectivity index (χ1n) is 5.42. The SMILES string of the molecule is CCCCCNc1ccc(Cl)c(C(=O)O)c1. The zero-order valence-electron chi connectivity index (χ0n) is 9.29. The van der Waals surface area contributed by atoms with Gasteiger partial charge in [0.25, 0.3) is 0 Å². The monoisotopic (exact) mass is 241 g/mol. The van der Waals surface area contributed by atoms with Crippen molar-refractivity contribution in [3.63, 3.8) is 0 Å². The fourth-order valence-corrected chi connectivity index (χ4v) is 1.61. The number of aromatic carboxylic acids is 1. The minimum Gasteiger partial charge on any atom is -0.478 e. The molecule has 0 heterocycles. The van der Waals surface area contributed by atoms with Crippen LogP contribution in [0.25, 0.3) is 0 Å².